The highest BCUT2D eigenvalue weighted by molar-refractivity contribution is 7.12. The first-order valence-electron chi connectivity index (χ1n) is 10.2. The van der Waals surface area contributed by atoms with Gasteiger partial charge in [-0.05, 0) is 30.5 Å². The Hall–Kier alpha value is -1.78. The lowest BCUT2D eigenvalue weighted by molar-refractivity contribution is -0.113. The Morgan fingerprint density at radius 2 is 2.00 bits per heavy atom. The van der Waals surface area contributed by atoms with Gasteiger partial charge in [-0.1, -0.05) is 54.1 Å². The molecule has 1 aliphatic rings. The average molecular weight is 489 g/mol. The van der Waals surface area contributed by atoms with Crippen molar-refractivity contribution in [2.75, 3.05) is 26.4 Å². The number of ether oxygens (including phenoxy) is 2. The highest BCUT2D eigenvalue weighted by Gasteiger charge is 2.40. The number of benzene rings is 1. The highest BCUT2D eigenvalue weighted by atomic mass is 35.5. The molecule has 0 amide bonds. The lowest BCUT2D eigenvalue weighted by Crippen LogP contribution is -2.29. The van der Waals surface area contributed by atoms with Gasteiger partial charge in [0.05, 0.1) is 38.1 Å². The smallest absolute Gasteiger partial charge is 0.396 e. The second-order valence-corrected chi connectivity index (χ2v) is 8.75. The molecule has 1 aliphatic carbocycles. The second-order valence-electron chi connectivity index (χ2n) is 7.33. The fourth-order valence-corrected chi connectivity index (χ4v) is 4.24. The van der Waals surface area contributed by atoms with Crippen LogP contribution in [-0.2, 0) is 15.9 Å². The van der Waals surface area contributed by atoms with Crippen LogP contribution in [0.2, 0.25) is 5.02 Å². The largest absolute Gasteiger partial charge is 0.415 e. The maximum absolute atomic E-state index is 13.6. The SMILES string of the molecule is C[C@H](CO)c1nnc(C2=CCC(OCCOCCc3ccccc3Cl)C(C(F)(F)F)=C2)s1. The van der Waals surface area contributed by atoms with Crippen LogP contribution in [0.1, 0.15) is 34.8 Å². The zero-order valence-corrected chi connectivity index (χ0v) is 19.0. The van der Waals surface area contributed by atoms with Crippen molar-refractivity contribution in [3.05, 3.63) is 62.6 Å². The van der Waals surface area contributed by atoms with E-state index in [0.29, 0.717) is 33.6 Å². The molecule has 0 spiro atoms. The first kappa shape index (κ1) is 24.9. The van der Waals surface area contributed by atoms with Crippen molar-refractivity contribution in [2.45, 2.75) is 38.0 Å². The third kappa shape index (κ3) is 6.62. The highest BCUT2D eigenvalue weighted by Crippen LogP contribution is 2.38. The quantitative estimate of drug-likeness (QED) is 0.465. The summed E-state index contributed by atoms with van der Waals surface area (Å²) in [5.41, 5.74) is 0.565. The molecule has 10 heteroatoms. The molecular weight excluding hydrogens is 465 g/mol. The maximum atomic E-state index is 13.6. The lowest BCUT2D eigenvalue weighted by Gasteiger charge is -2.25. The number of nitrogens with zero attached hydrogens (tertiary/aromatic N) is 2. The number of rotatable bonds is 10. The first-order valence-corrected chi connectivity index (χ1v) is 11.4. The van der Waals surface area contributed by atoms with Gasteiger partial charge in [0.1, 0.15) is 10.0 Å². The third-order valence-electron chi connectivity index (χ3n) is 4.94. The molecule has 1 N–H and O–H groups in total. The normalized spacial score (nSPS) is 17.8. The molecule has 32 heavy (non-hydrogen) atoms. The number of halogens is 4. The molecule has 1 aromatic carbocycles. The summed E-state index contributed by atoms with van der Waals surface area (Å²) in [7, 11) is 0. The number of aromatic nitrogens is 2. The number of allylic oxidation sites excluding steroid dienone is 2. The lowest BCUT2D eigenvalue weighted by atomic mass is 9.96. The van der Waals surface area contributed by atoms with E-state index in [9.17, 15) is 18.3 Å². The van der Waals surface area contributed by atoms with E-state index in [2.05, 4.69) is 10.2 Å². The van der Waals surface area contributed by atoms with Gasteiger partial charge < -0.3 is 14.6 Å². The van der Waals surface area contributed by atoms with Gasteiger partial charge in [-0.15, -0.1) is 10.2 Å². The van der Waals surface area contributed by atoms with Crippen LogP contribution in [0.5, 0.6) is 0 Å². The Kier molecular flexibility index (Phi) is 8.84. The van der Waals surface area contributed by atoms with Crippen LogP contribution in [0, 0.1) is 0 Å². The Bertz CT molecular complexity index is 962. The molecule has 2 atom stereocenters. The molecule has 0 bridgehead atoms. The van der Waals surface area contributed by atoms with E-state index in [1.54, 1.807) is 19.1 Å². The summed E-state index contributed by atoms with van der Waals surface area (Å²) in [6, 6.07) is 7.43. The number of hydrogen-bond donors (Lipinski definition) is 1. The van der Waals surface area contributed by atoms with Crippen molar-refractivity contribution in [2.24, 2.45) is 0 Å². The van der Waals surface area contributed by atoms with Crippen molar-refractivity contribution < 1.29 is 27.8 Å². The molecule has 0 radical (unpaired) electrons. The van der Waals surface area contributed by atoms with Crippen molar-refractivity contribution in [1.82, 2.24) is 10.2 Å². The predicted molar refractivity (Wildman–Crippen MR) is 118 cm³/mol. The molecule has 3 rings (SSSR count). The first-order chi connectivity index (χ1) is 15.3. The summed E-state index contributed by atoms with van der Waals surface area (Å²) >= 11 is 7.27. The Labute approximate surface area is 193 Å². The van der Waals surface area contributed by atoms with E-state index in [1.807, 2.05) is 18.2 Å². The second kappa shape index (κ2) is 11.4. The number of aliphatic hydroxyl groups excluding tert-OH is 1. The average Bonchev–Trinajstić information content (AvgIpc) is 3.26. The summed E-state index contributed by atoms with van der Waals surface area (Å²) in [6.07, 6.45) is -2.20. The molecule has 0 fully saturated rings. The van der Waals surface area contributed by atoms with Gasteiger partial charge in [-0.25, -0.2) is 0 Å². The van der Waals surface area contributed by atoms with Gasteiger partial charge in [-0.2, -0.15) is 13.2 Å². The molecular formula is C22H24ClF3N2O3S. The van der Waals surface area contributed by atoms with Crippen LogP contribution < -0.4 is 0 Å². The molecule has 0 aliphatic heterocycles. The Morgan fingerprint density at radius 1 is 1.22 bits per heavy atom. The van der Waals surface area contributed by atoms with E-state index in [1.165, 1.54) is 11.3 Å². The molecule has 5 nitrogen and oxygen atoms in total. The van der Waals surface area contributed by atoms with Crippen molar-refractivity contribution in [3.8, 4) is 0 Å². The van der Waals surface area contributed by atoms with Crippen LogP contribution in [0.4, 0.5) is 13.2 Å². The summed E-state index contributed by atoms with van der Waals surface area (Å²) in [5.74, 6) is -0.217. The van der Waals surface area contributed by atoms with Gasteiger partial charge in [0.25, 0.3) is 0 Å². The fourth-order valence-electron chi connectivity index (χ4n) is 3.11. The zero-order chi connectivity index (χ0) is 23.1. The summed E-state index contributed by atoms with van der Waals surface area (Å²) < 4.78 is 51.9. The predicted octanol–water partition coefficient (Wildman–Crippen LogP) is 5.21. The zero-order valence-electron chi connectivity index (χ0n) is 17.4. The molecule has 1 unspecified atom stereocenters. The number of aliphatic hydroxyl groups is 1. The van der Waals surface area contributed by atoms with Crippen molar-refractivity contribution >= 4 is 28.5 Å². The van der Waals surface area contributed by atoms with Crippen LogP contribution in [0.25, 0.3) is 5.57 Å². The van der Waals surface area contributed by atoms with Gasteiger partial charge in [0.15, 0.2) is 0 Å². The van der Waals surface area contributed by atoms with E-state index >= 15 is 0 Å². The van der Waals surface area contributed by atoms with Crippen LogP contribution in [-0.4, -0.2) is 54.0 Å². The topological polar surface area (TPSA) is 64.5 Å². The van der Waals surface area contributed by atoms with E-state index in [4.69, 9.17) is 21.1 Å². The van der Waals surface area contributed by atoms with Crippen LogP contribution >= 0.6 is 22.9 Å². The van der Waals surface area contributed by atoms with E-state index in [0.717, 1.165) is 11.6 Å². The molecule has 0 saturated heterocycles. The summed E-state index contributed by atoms with van der Waals surface area (Å²) in [4.78, 5) is 0. The maximum Gasteiger partial charge on any atom is 0.415 e. The van der Waals surface area contributed by atoms with Crippen LogP contribution in [0.3, 0.4) is 0 Å². The van der Waals surface area contributed by atoms with Gasteiger partial charge in [-0.3, -0.25) is 0 Å². The molecule has 1 aromatic heterocycles. The molecule has 2 aromatic rings. The van der Waals surface area contributed by atoms with Gasteiger partial charge in [0, 0.05) is 16.5 Å². The molecule has 1 heterocycles. The van der Waals surface area contributed by atoms with Gasteiger partial charge >= 0.3 is 6.18 Å². The number of alkyl halides is 3. The van der Waals surface area contributed by atoms with E-state index < -0.39 is 17.9 Å². The fraction of sp³-hybridized carbons (Fsp3) is 0.455. The standard InChI is InChI=1S/C22H24ClF3N2O3S/c1-14(13-29)20-27-28-21(32-20)16-6-7-19(17(12-16)22(24,25)26)31-11-10-30-9-8-15-4-2-3-5-18(15)23/h2-6,12,14,19,29H,7-11,13H2,1H3/t14-,19?/m1/s1. The summed E-state index contributed by atoms with van der Waals surface area (Å²) in [6.45, 7) is 2.29. The number of hydrogen-bond acceptors (Lipinski definition) is 6. The third-order valence-corrected chi connectivity index (χ3v) is 6.51. The minimum absolute atomic E-state index is 0.0424. The van der Waals surface area contributed by atoms with E-state index in [-0.39, 0.29) is 32.2 Å². The Morgan fingerprint density at radius 3 is 2.72 bits per heavy atom. The molecule has 174 valence electrons. The van der Waals surface area contributed by atoms with Gasteiger partial charge in [0.2, 0.25) is 0 Å². The van der Waals surface area contributed by atoms with Crippen LogP contribution in [0.15, 0.2) is 42.0 Å². The van der Waals surface area contributed by atoms with Crippen molar-refractivity contribution in [3.63, 3.8) is 0 Å². The summed E-state index contributed by atoms with van der Waals surface area (Å²) in [5, 5.41) is 18.8. The minimum Gasteiger partial charge on any atom is -0.396 e. The Balaban J connectivity index is 1.53. The van der Waals surface area contributed by atoms with Crippen molar-refractivity contribution in [1.29, 1.82) is 0 Å². The minimum atomic E-state index is -4.53. The monoisotopic (exact) mass is 488 g/mol. The molecule has 0 saturated carbocycles.